The van der Waals surface area contributed by atoms with Gasteiger partial charge in [-0.1, -0.05) is 19.1 Å². The Morgan fingerprint density at radius 3 is 2.46 bits per heavy atom. The van der Waals surface area contributed by atoms with Crippen molar-refractivity contribution < 1.29 is 19.1 Å². The fraction of sp³-hybridized carbons (Fsp3) is 0.263. The number of amides is 2. The maximum atomic E-state index is 13.0. The summed E-state index contributed by atoms with van der Waals surface area (Å²) in [5, 5.41) is 1.91. The third-order valence-electron chi connectivity index (χ3n) is 3.97. The van der Waals surface area contributed by atoms with E-state index in [-0.39, 0.29) is 18.4 Å². The molecule has 26 heavy (non-hydrogen) atoms. The molecule has 7 heteroatoms. The molecule has 0 atom stereocenters. The maximum absolute atomic E-state index is 13.0. The number of thioether (sulfide) groups is 1. The van der Waals surface area contributed by atoms with Crippen molar-refractivity contribution in [2.75, 3.05) is 20.0 Å². The average Bonchev–Trinajstić information content (AvgIpc) is 3.25. The van der Waals surface area contributed by atoms with Crippen LogP contribution in [0.2, 0.25) is 0 Å². The van der Waals surface area contributed by atoms with Gasteiger partial charge in [-0.2, -0.15) is 0 Å². The lowest BCUT2D eigenvalue weighted by Gasteiger charge is -2.16. The van der Waals surface area contributed by atoms with Gasteiger partial charge in [-0.05, 0) is 34.9 Å². The van der Waals surface area contributed by atoms with Gasteiger partial charge < -0.3 is 9.47 Å². The summed E-state index contributed by atoms with van der Waals surface area (Å²) in [7, 11) is 3.12. The van der Waals surface area contributed by atoms with Crippen LogP contribution in [0, 0.1) is 0 Å². The van der Waals surface area contributed by atoms with Crippen molar-refractivity contribution in [1.82, 2.24) is 4.90 Å². The monoisotopic (exact) mass is 389 g/mol. The molecule has 0 fully saturated rings. The topological polar surface area (TPSA) is 55.8 Å². The van der Waals surface area contributed by atoms with E-state index in [9.17, 15) is 9.59 Å². The third kappa shape index (κ3) is 3.37. The predicted molar refractivity (Wildman–Crippen MR) is 104 cm³/mol. The molecule has 2 heterocycles. The summed E-state index contributed by atoms with van der Waals surface area (Å²) in [6, 6.07) is 9.15. The summed E-state index contributed by atoms with van der Waals surface area (Å²) < 4.78 is 10.5. The quantitative estimate of drug-likeness (QED) is 0.674. The number of nitrogens with zero attached hydrogens (tertiary/aromatic N) is 1. The number of ether oxygens (including phenoxy) is 2. The minimum atomic E-state index is -0.247. The molecule has 0 unspecified atom stereocenters. The SMILES string of the molecule is CCSC1=C(c2cccs2)C(=O)N(Cc2ccc(OC)c(OC)c2)C1=O. The van der Waals surface area contributed by atoms with Crippen LogP contribution >= 0.6 is 23.1 Å². The van der Waals surface area contributed by atoms with Crippen LogP contribution in [0.1, 0.15) is 17.4 Å². The molecule has 1 aromatic heterocycles. The summed E-state index contributed by atoms with van der Waals surface area (Å²) in [5.74, 6) is 1.42. The second kappa shape index (κ2) is 7.97. The number of imide groups is 1. The van der Waals surface area contributed by atoms with Gasteiger partial charge in [0.05, 0.1) is 31.2 Å². The molecule has 0 radical (unpaired) electrons. The van der Waals surface area contributed by atoms with E-state index in [1.807, 2.05) is 30.5 Å². The zero-order valence-electron chi connectivity index (χ0n) is 14.8. The molecule has 0 N–H and O–H groups in total. The molecule has 0 bridgehead atoms. The summed E-state index contributed by atoms with van der Waals surface area (Å²) in [6.45, 7) is 2.17. The Balaban J connectivity index is 1.91. The Hall–Kier alpha value is -2.25. The molecular weight excluding hydrogens is 370 g/mol. The van der Waals surface area contributed by atoms with Gasteiger partial charge in [-0.3, -0.25) is 14.5 Å². The number of carbonyl (C=O) groups excluding carboxylic acids is 2. The molecule has 1 aliphatic rings. The van der Waals surface area contributed by atoms with E-state index in [2.05, 4.69) is 0 Å². The van der Waals surface area contributed by atoms with Crippen LogP contribution in [0.5, 0.6) is 11.5 Å². The number of benzene rings is 1. The molecule has 5 nitrogen and oxygen atoms in total. The predicted octanol–water partition coefficient (Wildman–Crippen LogP) is 3.80. The van der Waals surface area contributed by atoms with Crippen molar-refractivity contribution in [3.8, 4) is 11.5 Å². The summed E-state index contributed by atoms with van der Waals surface area (Å²) >= 11 is 2.88. The van der Waals surface area contributed by atoms with Crippen LogP contribution in [0.3, 0.4) is 0 Å². The van der Waals surface area contributed by atoms with Crippen LogP contribution in [0.15, 0.2) is 40.6 Å². The van der Waals surface area contributed by atoms with Crippen molar-refractivity contribution in [2.45, 2.75) is 13.5 Å². The highest BCUT2D eigenvalue weighted by Gasteiger charge is 2.39. The van der Waals surface area contributed by atoms with Gasteiger partial charge in [0.1, 0.15) is 0 Å². The number of carbonyl (C=O) groups is 2. The van der Waals surface area contributed by atoms with Gasteiger partial charge in [-0.25, -0.2) is 0 Å². The van der Waals surface area contributed by atoms with Gasteiger partial charge in [0.2, 0.25) is 0 Å². The van der Waals surface area contributed by atoms with E-state index in [0.717, 1.165) is 16.2 Å². The Bertz CT molecular complexity index is 858. The zero-order valence-corrected chi connectivity index (χ0v) is 16.4. The highest BCUT2D eigenvalue weighted by Crippen LogP contribution is 2.38. The van der Waals surface area contributed by atoms with Crippen molar-refractivity contribution >= 4 is 40.5 Å². The first-order valence-electron chi connectivity index (χ1n) is 8.08. The largest absolute Gasteiger partial charge is 0.493 e. The Morgan fingerprint density at radius 2 is 1.85 bits per heavy atom. The first-order valence-corrected chi connectivity index (χ1v) is 9.95. The van der Waals surface area contributed by atoms with Crippen molar-refractivity contribution in [3.63, 3.8) is 0 Å². The van der Waals surface area contributed by atoms with Gasteiger partial charge in [0.15, 0.2) is 11.5 Å². The minimum absolute atomic E-state index is 0.195. The fourth-order valence-corrected chi connectivity index (χ4v) is 4.47. The van der Waals surface area contributed by atoms with Gasteiger partial charge in [0.25, 0.3) is 11.8 Å². The van der Waals surface area contributed by atoms with E-state index in [1.54, 1.807) is 26.4 Å². The molecule has 2 aromatic rings. The van der Waals surface area contributed by atoms with E-state index >= 15 is 0 Å². The Kier molecular flexibility index (Phi) is 5.68. The number of rotatable bonds is 7. The van der Waals surface area contributed by atoms with E-state index in [0.29, 0.717) is 22.0 Å². The van der Waals surface area contributed by atoms with Gasteiger partial charge in [0, 0.05) is 4.88 Å². The lowest BCUT2D eigenvalue weighted by Crippen LogP contribution is -2.30. The summed E-state index contributed by atoms with van der Waals surface area (Å²) in [6.07, 6.45) is 0. The molecule has 2 amide bonds. The van der Waals surface area contributed by atoms with Crippen LogP contribution < -0.4 is 9.47 Å². The molecule has 0 saturated carbocycles. The van der Waals surface area contributed by atoms with Crippen LogP contribution in [0.4, 0.5) is 0 Å². The molecule has 1 aromatic carbocycles. The van der Waals surface area contributed by atoms with Crippen molar-refractivity contribution in [2.24, 2.45) is 0 Å². The second-order valence-electron chi connectivity index (χ2n) is 5.50. The van der Waals surface area contributed by atoms with E-state index in [4.69, 9.17) is 9.47 Å². The van der Waals surface area contributed by atoms with E-state index < -0.39 is 0 Å². The standard InChI is InChI=1S/C19H19NO4S2/c1-4-25-17-16(15-6-5-9-26-15)18(21)20(19(17)22)11-12-7-8-13(23-2)14(10-12)24-3/h5-10H,4,11H2,1-3H3. The third-order valence-corrected chi connectivity index (χ3v) is 5.81. The first kappa shape index (κ1) is 18.5. The number of methoxy groups -OCH3 is 2. The lowest BCUT2D eigenvalue weighted by molar-refractivity contribution is -0.137. The van der Waals surface area contributed by atoms with Gasteiger partial charge >= 0.3 is 0 Å². The van der Waals surface area contributed by atoms with Gasteiger partial charge in [-0.15, -0.1) is 23.1 Å². The molecule has 136 valence electrons. The molecule has 0 spiro atoms. The number of hydrogen-bond acceptors (Lipinski definition) is 6. The maximum Gasteiger partial charge on any atom is 0.268 e. The first-order chi connectivity index (χ1) is 12.6. The molecule has 0 aliphatic carbocycles. The zero-order chi connectivity index (χ0) is 18.7. The highest BCUT2D eigenvalue weighted by molar-refractivity contribution is 8.04. The molecule has 3 rings (SSSR count). The molecule has 1 aliphatic heterocycles. The Labute approximate surface area is 160 Å². The molecule has 0 saturated heterocycles. The smallest absolute Gasteiger partial charge is 0.268 e. The summed E-state index contributed by atoms with van der Waals surface area (Å²) in [5.41, 5.74) is 1.31. The van der Waals surface area contributed by atoms with Crippen molar-refractivity contribution in [3.05, 3.63) is 51.1 Å². The fourth-order valence-electron chi connectivity index (χ4n) is 2.78. The lowest BCUT2D eigenvalue weighted by atomic mass is 10.2. The normalized spacial score (nSPS) is 14.3. The number of thiophene rings is 1. The Morgan fingerprint density at radius 1 is 1.08 bits per heavy atom. The average molecular weight is 389 g/mol. The van der Waals surface area contributed by atoms with Crippen LogP contribution in [-0.4, -0.2) is 36.7 Å². The number of hydrogen-bond donors (Lipinski definition) is 0. The van der Waals surface area contributed by atoms with E-state index in [1.165, 1.54) is 28.0 Å². The van der Waals surface area contributed by atoms with Crippen LogP contribution in [-0.2, 0) is 16.1 Å². The summed E-state index contributed by atoms with van der Waals surface area (Å²) in [4.78, 5) is 28.5. The minimum Gasteiger partial charge on any atom is -0.493 e. The van der Waals surface area contributed by atoms with Crippen LogP contribution in [0.25, 0.3) is 5.57 Å². The highest BCUT2D eigenvalue weighted by atomic mass is 32.2. The second-order valence-corrected chi connectivity index (χ2v) is 7.72. The molecular formula is C19H19NO4S2. The van der Waals surface area contributed by atoms with Crippen molar-refractivity contribution in [1.29, 1.82) is 0 Å².